The van der Waals surface area contributed by atoms with E-state index in [1.165, 1.54) is 0 Å². The van der Waals surface area contributed by atoms with Crippen LogP contribution in [0.1, 0.15) is 12.8 Å². The Morgan fingerprint density at radius 3 is 2.85 bits per heavy atom. The molecule has 0 radical (unpaired) electrons. The summed E-state index contributed by atoms with van der Waals surface area (Å²) in [5, 5.41) is 0.962. The van der Waals surface area contributed by atoms with Gasteiger partial charge in [-0.15, -0.1) is 0 Å². The monoisotopic (exact) mass is 191 g/mol. The molecule has 0 aliphatic heterocycles. The van der Waals surface area contributed by atoms with Crippen LogP contribution >= 0.6 is 11.8 Å². The van der Waals surface area contributed by atoms with E-state index in [2.05, 4.69) is 4.98 Å². The highest BCUT2D eigenvalue weighted by atomic mass is 32.2. The number of hydrogen-bond donors (Lipinski definition) is 0. The highest BCUT2D eigenvalue weighted by Crippen LogP contribution is 2.31. The number of thioether (sulfide) groups is 1. The summed E-state index contributed by atoms with van der Waals surface area (Å²) in [6.07, 6.45) is 5.02. The van der Waals surface area contributed by atoms with Gasteiger partial charge in [-0.1, -0.05) is 17.8 Å². The van der Waals surface area contributed by atoms with E-state index in [-0.39, 0.29) is 5.78 Å². The van der Waals surface area contributed by atoms with Gasteiger partial charge in [-0.2, -0.15) is 0 Å². The Labute approximate surface area is 81.1 Å². The lowest BCUT2D eigenvalue weighted by Crippen LogP contribution is -1.80. The zero-order chi connectivity index (χ0) is 9.10. The minimum Gasteiger partial charge on any atom is -0.295 e. The minimum atomic E-state index is 0.235. The normalized spacial score (nSPS) is 16.0. The summed E-state index contributed by atoms with van der Waals surface area (Å²) in [6.45, 7) is 0. The van der Waals surface area contributed by atoms with E-state index in [4.69, 9.17) is 0 Å². The second-order valence-corrected chi connectivity index (χ2v) is 3.99. The predicted molar refractivity (Wildman–Crippen MR) is 52.4 cm³/mol. The first-order chi connectivity index (χ1) is 6.34. The third-order valence-electron chi connectivity index (χ3n) is 1.81. The molecule has 1 heterocycles. The summed E-state index contributed by atoms with van der Waals surface area (Å²) in [5.74, 6) is 0.235. The molecule has 0 aromatic carbocycles. The van der Waals surface area contributed by atoms with Crippen molar-refractivity contribution in [2.24, 2.45) is 0 Å². The van der Waals surface area contributed by atoms with Crippen molar-refractivity contribution in [1.82, 2.24) is 4.98 Å². The summed E-state index contributed by atoms with van der Waals surface area (Å²) in [4.78, 5) is 16.2. The number of nitrogens with zero attached hydrogens (tertiary/aromatic N) is 1. The fraction of sp³-hybridized carbons (Fsp3) is 0.200. The molecule has 3 heteroatoms. The lowest BCUT2D eigenvalue weighted by Gasteiger charge is -1.98. The maximum Gasteiger partial charge on any atom is 0.156 e. The first kappa shape index (κ1) is 8.51. The summed E-state index contributed by atoms with van der Waals surface area (Å²) in [6, 6.07) is 5.79. The van der Waals surface area contributed by atoms with Gasteiger partial charge in [0.15, 0.2) is 5.78 Å². The lowest BCUT2D eigenvalue weighted by atomic mass is 10.3. The van der Waals surface area contributed by atoms with E-state index < -0.39 is 0 Å². The summed E-state index contributed by atoms with van der Waals surface area (Å²) in [7, 11) is 0. The van der Waals surface area contributed by atoms with Crippen molar-refractivity contribution in [3.05, 3.63) is 35.4 Å². The number of pyridine rings is 1. The Morgan fingerprint density at radius 1 is 1.31 bits per heavy atom. The van der Waals surface area contributed by atoms with Gasteiger partial charge in [-0.3, -0.25) is 4.79 Å². The second kappa shape index (κ2) is 3.75. The molecule has 1 aromatic heterocycles. The summed E-state index contributed by atoms with van der Waals surface area (Å²) >= 11 is 1.58. The summed E-state index contributed by atoms with van der Waals surface area (Å²) in [5.41, 5.74) is 0. The molecule has 2 rings (SSSR count). The highest BCUT2D eigenvalue weighted by molar-refractivity contribution is 8.03. The molecule has 1 aromatic rings. The highest BCUT2D eigenvalue weighted by Gasteiger charge is 2.12. The van der Waals surface area contributed by atoms with Gasteiger partial charge in [-0.05, 0) is 29.5 Å². The van der Waals surface area contributed by atoms with Crippen LogP contribution < -0.4 is 0 Å². The maximum atomic E-state index is 10.9. The summed E-state index contributed by atoms with van der Waals surface area (Å²) < 4.78 is 0. The van der Waals surface area contributed by atoms with Crippen LogP contribution in [0.15, 0.2) is 40.4 Å². The van der Waals surface area contributed by atoms with Gasteiger partial charge in [-0.25, -0.2) is 4.98 Å². The van der Waals surface area contributed by atoms with E-state index in [1.54, 1.807) is 24.0 Å². The maximum absolute atomic E-state index is 10.9. The van der Waals surface area contributed by atoms with Crippen LogP contribution in [-0.4, -0.2) is 10.8 Å². The van der Waals surface area contributed by atoms with Gasteiger partial charge in [0.25, 0.3) is 0 Å². The zero-order valence-electron chi connectivity index (χ0n) is 7.06. The number of allylic oxidation sites excluding steroid dienone is 2. The molecule has 66 valence electrons. The third kappa shape index (κ3) is 2.18. The van der Waals surface area contributed by atoms with Gasteiger partial charge in [0.2, 0.25) is 0 Å². The fourth-order valence-electron chi connectivity index (χ4n) is 1.19. The number of hydrogen-bond acceptors (Lipinski definition) is 3. The Morgan fingerprint density at radius 2 is 2.23 bits per heavy atom. The number of carbonyl (C=O) groups is 1. The molecule has 0 atom stereocenters. The second-order valence-electron chi connectivity index (χ2n) is 2.85. The van der Waals surface area contributed by atoms with Gasteiger partial charge >= 0.3 is 0 Å². The predicted octanol–water partition coefficient (Wildman–Crippen LogP) is 2.42. The van der Waals surface area contributed by atoms with Crippen LogP contribution in [0.3, 0.4) is 0 Å². The lowest BCUT2D eigenvalue weighted by molar-refractivity contribution is -0.114. The van der Waals surface area contributed by atoms with Crippen molar-refractivity contribution in [2.45, 2.75) is 17.9 Å². The molecular weight excluding hydrogens is 182 g/mol. The standard InChI is InChI=1S/C10H9NOS/c12-8-4-5-9(7-8)13-10-3-1-2-6-11-10/h1-3,6-7H,4-5H2. The molecule has 0 unspecified atom stereocenters. The van der Waals surface area contributed by atoms with Crippen molar-refractivity contribution >= 4 is 17.5 Å². The third-order valence-corrected chi connectivity index (χ3v) is 2.85. The topological polar surface area (TPSA) is 30.0 Å². The molecule has 1 aliphatic carbocycles. The van der Waals surface area contributed by atoms with Crippen molar-refractivity contribution < 1.29 is 4.79 Å². The van der Waals surface area contributed by atoms with Gasteiger partial charge in [0.1, 0.15) is 5.03 Å². The SMILES string of the molecule is O=C1C=C(Sc2ccccn2)CC1. The molecule has 0 saturated heterocycles. The first-order valence-electron chi connectivity index (χ1n) is 4.17. The molecule has 0 N–H and O–H groups in total. The van der Waals surface area contributed by atoms with Crippen LogP contribution in [0.5, 0.6) is 0 Å². The Bertz CT molecular complexity index is 345. The smallest absolute Gasteiger partial charge is 0.156 e. The fourth-order valence-corrected chi connectivity index (χ4v) is 2.12. The van der Waals surface area contributed by atoms with Gasteiger partial charge in [0.05, 0.1) is 0 Å². The average Bonchev–Trinajstić information content (AvgIpc) is 2.53. The van der Waals surface area contributed by atoms with Crippen LogP contribution in [0.2, 0.25) is 0 Å². The van der Waals surface area contributed by atoms with E-state index in [0.717, 1.165) is 16.4 Å². The minimum absolute atomic E-state index is 0.235. The number of aromatic nitrogens is 1. The van der Waals surface area contributed by atoms with E-state index >= 15 is 0 Å². The molecule has 13 heavy (non-hydrogen) atoms. The van der Waals surface area contributed by atoms with Crippen LogP contribution in [0, 0.1) is 0 Å². The van der Waals surface area contributed by atoms with Gasteiger partial charge < -0.3 is 0 Å². The molecule has 0 spiro atoms. The van der Waals surface area contributed by atoms with Crippen molar-refractivity contribution in [1.29, 1.82) is 0 Å². The van der Waals surface area contributed by atoms with E-state index in [1.807, 2.05) is 18.2 Å². The van der Waals surface area contributed by atoms with E-state index in [9.17, 15) is 4.79 Å². The van der Waals surface area contributed by atoms with Crippen LogP contribution in [0.4, 0.5) is 0 Å². The molecule has 0 saturated carbocycles. The Kier molecular flexibility index (Phi) is 2.45. The Hall–Kier alpha value is -1.09. The quantitative estimate of drug-likeness (QED) is 0.719. The molecular formula is C10H9NOS. The zero-order valence-corrected chi connectivity index (χ0v) is 7.88. The van der Waals surface area contributed by atoms with E-state index in [0.29, 0.717) is 6.42 Å². The molecule has 0 fully saturated rings. The molecule has 0 bridgehead atoms. The van der Waals surface area contributed by atoms with Gasteiger partial charge in [0, 0.05) is 12.6 Å². The Balaban J connectivity index is 2.07. The molecule has 2 nitrogen and oxygen atoms in total. The van der Waals surface area contributed by atoms with Crippen molar-refractivity contribution in [3.8, 4) is 0 Å². The number of carbonyl (C=O) groups excluding carboxylic acids is 1. The number of rotatable bonds is 2. The van der Waals surface area contributed by atoms with Crippen LogP contribution in [0.25, 0.3) is 0 Å². The molecule has 1 aliphatic rings. The largest absolute Gasteiger partial charge is 0.295 e. The van der Waals surface area contributed by atoms with Crippen LogP contribution in [-0.2, 0) is 4.79 Å². The first-order valence-corrected chi connectivity index (χ1v) is 4.98. The van der Waals surface area contributed by atoms with Crippen molar-refractivity contribution in [3.63, 3.8) is 0 Å². The average molecular weight is 191 g/mol. The van der Waals surface area contributed by atoms with Crippen molar-refractivity contribution in [2.75, 3.05) is 0 Å². The number of ketones is 1. The molecule has 0 amide bonds.